The number of nitrogens with one attached hydrogen (secondary N) is 1. The second-order valence-corrected chi connectivity index (χ2v) is 5.21. The van der Waals surface area contributed by atoms with E-state index in [9.17, 15) is 22.0 Å². The van der Waals surface area contributed by atoms with Crippen LogP contribution >= 0.6 is 0 Å². The molecule has 0 atom stereocenters. The minimum Gasteiger partial charge on any atom is -0.492 e. The highest BCUT2D eigenvalue weighted by molar-refractivity contribution is 7.86. The summed E-state index contributed by atoms with van der Waals surface area (Å²) in [5.74, 6) is 0.304. The summed E-state index contributed by atoms with van der Waals surface area (Å²) >= 11 is 0. The van der Waals surface area contributed by atoms with E-state index < -0.39 is 28.1 Å². The normalized spacial score (nSPS) is 11.6. The van der Waals surface area contributed by atoms with Gasteiger partial charge in [-0.3, -0.25) is 4.55 Å². The molecule has 7 nitrogen and oxygen atoms in total. The Morgan fingerprint density at radius 2 is 1.90 bits per heavy atom. The Kier molecular flexibility index (Phi) is 6.59. The third-order valence-corrected chi connectivity index (χ3v) is 2.75. The lowest BCUT2D eigenvalue weighted by Gasteiger charge is -2.13. The zero-order valence-corrected chi connectivity index (χ0v) is 11.5. The van der Waals surface area contributed by atoms with Gasteiger partial charge in [-0.2, -0.15) is 17.2 Å². The fourth-order valence-electron chi connectivity index (χ4n) is 0.726. The smallest absolute Gasteiger partial charge is 0.407 e. The van der Waals surface area contributed by atoms with Crippen molar-refractivity contribution < 1.29 is 36.0 Å². The molecule has 1 amide bonds. The van der Waals surface area contributed by atoms with Gasteiger partial charge in [0.05, 0.1) is 6.54 Å². The van der Waals surface area contributed by atoms with Gasteiger partial charge in [-0.25, -0.2) is 4.79 Å². The predicted molar refractivity (Wildman–Crippen MR) is 65.8 cm³/mol. The Morgan fingerprint density at radius 3 is 2.35 bits per heavy atom. The molecule has 0 aromatic heterocycles. The molecule has 116 valence electrons. The van der Waals surface area contributed by atoms with Crippen LogP contribution in [0.15, 0.2) is 24.5 Å². The summed E-state index contributed by atoms with van der Waals surface area (Å²) in [6, 6.07) is 0. The van der Waals surface area contributed by atoms with Crippen molar-refractivity contribution in [1.29, 1.82) is 0 Å². The van der Waals surface area contributed by atoms with Crippen LogP contribution in [0, 0.1) is 0 Å². The summed E-state index contributed by atoms with van der Waals surface area (Å²) in [4.78, 5) is 11.0. The van der Waals surface area contributed by atoms with Crippen molar-refractivity contribution in [2.75, 3.05) is 19.8 Å². The van der Waals surface area contributed by atoms with Crippen molar-refractivity contribution in [1.82, 2.24) is 5.32 Å². The van der Waals surface area contributed by atoms with Crippen LogP contribution in [0.4, 0.5) is 13.6 Å². The maximum atomic E-state index is 12.7. The number of halogens is 2. The van der Waals surface area contributed by atoms with E-state index in [0.717, 1.165) is 0 Å². The molecule has 0 aliphatic heterocycles. The van der Waals surface area contributed by atoms with Crippen LogP contribution < -0.4 is 5.32 Å². The zero-order chi connectivity index (χ0) is 16.0. The molecular weight excluding hydrogens is 300 g/mol. The molecule has 0 unspecified atom stereocenters. The molecule has 0 aliphatic rings. The number of alkyl carbamates (subject to hydrolysis) is 1. The zero-order valence-electron chi connectivity index (χ0n) is 10.7. The summed E-state index contributed by atoms with van der Waals surface area (Å²) in [5, 5.41) is -2.53. The minimum atomic E-state index is -5.63. The lowest BCUT2D eigenvalue weighted by Crippen LogP contribution is -2.37. The molecule has 0 aromatic rings. The number of hydrogen-bond acceptors (Lipinski definition) is 5. The summed E-state index contributed by atoms with van der Waals surface area (Å²) in [7, 11) is -5.63. The first kappa shape index (κ1) is 18.3. The second kappa shape index (κ2) is 7.20. The standard InChI is InChI=1S/C10H15F2NO6S/c1-7(2)8(3)18-5-4-13-9(14)19-6-10(11,12)20(15,16)17/h1,3-6H2,2H3,(H,13,14)(H,15,16,17). The molecule has 10 heteroatoms. The predicted octanol–water partition coefficient (Wildman–Crippen LogP) is 1.30. The molecule has 20 heavy (non-hydrogen) atoms. The first-order valence-electron chi connectivity index (χ1n) is 5.20. The summed E-state index contributed by atoms with van der Waals surface area (Å²) in [6.07, 6.45) is -1.28. The van der Waals surface area contributed by atoms with Crippen molar-refractivity contribution in [3.63, 3.8) is 0 Å². The fourth-order valence-corrected chi connectivity index (χ4v) is 0.933. The van der Waals surface area contributed by atoms with Gasteiger partial charge < -0.3 is 14.8 Å². The van der Waals surface area contributed by atoms with E-state index in [1.807, 2.05) is 5.32 Å². The van der Waals surface area contributed by atoms with E-state index in [4.69, 9.17) is 9.29 Å². The maximum Gasteiger partial charge on any atom is 0.407 e. The molecule has 0 fully saturated rings. The first-order chi connectivity index (χ1) is 8.97. The van der Waals surface area contributed by atoms with E-state index in [-0.39, 0.29) is 13.2 Å². The summed E-state index contributed by atoms with van der Waals surface area (Å²) < 4.78 is 62.9. The van der Waals surface area contributed by atoms with E-state index in [0.29, 0.717) is 11.3 Å². The molecule has 0 rings (SSSR count). The lowest BCUT2D eigenvalue weighted by atomic mass is 10.3. The van der Waals surface area contributed by atoms with Crippen molar-refractivity contribution >= 4 is 16.2 Å². The number of carbonyl (C=O) groups excluding carboxylic acids is 1. The van der Waals surface area contributed by atoms with Crippen molar-refractivity contribution in [3.8, 4) is 0 Å². The monoisotopic (exact) mass is 315 g/mol. The lowest BCUT2D eigenvalue weighted by molar-refractivity contribution is 0.00711. The van der Waals surface area contributed by atoms with Gasteiger partial charge in [-0.1, -0.05) is 13.2 Å². The van der Waals surface area contributed by atoms with Gasteiger partial charge in [0.15, 0.2) is 6.61 Å². The summed E-state index contributed by atoms with van der Waals surface area (Å²) in [6.45, 7) is 6.83. The third kappa shape index (κ3) is 6.48. The Hall–Kier alpha value is -1.68. The van der Waals surface area contributed by atoms with Crippen molar-refractivity contribution in [3.05, 3.63) is 24.5 Å². The number of amides is 1. The Bertz CT molecular complexity index is 488. The highest BCUT2D eigenvalue weighted by Gasteiger charge is 2.45. The van der Waals surface area contributed by atoms with E-state index >= 15 is 0 Å². The molecule has 0 heterocycles. The first-order valence-corrected chi connectivity index (χ1v) is 6.64. The molecule has 0 saturated carbocycles. The van der Waals surface area contributed by atoms with Crippen LogP contribution in [-0.2, 0) is 19.6 Å². The largest absolute Gasteiger partial charge is 0.492 e. The van der Waals surface area contributed by atoms with Crippen LogP contribution in [0.5, 0.6) is 0 Å². The molecule has 0 saturated heterocycles. The Balaban J connectivity index is 3.97. The SMILES string of the molecule is C=C(C)C(=C)OCCNC(=O)OCC(F)(F)S(=O)(=O)O. The van der Waals surface area contributed by atoms with Gasteiger partial charge in [-0.15, -0.1) is 0 Å². The molecule has 2 N–H and O–H groups in total. The van der Waals surface area contributed by atoms with E-state index in [1.165, 1.54) is 0 Å². The molecule has 0 aromatic carbocycles. The fraction of sp³-hybridized carbons (Fsp3) is 0.500. The number of carbonyl (C=O) groups is 1. The van der Waals surface area contributed by atoms with Gasteiger partial charge in [0.2, 0.25) is 0 Å². The van der Waals surface area contributed by atoms with Crippen LogP contribution in [0.1, 0.15) is 6.92 Å². The molecular formula is C10H15F2NO6S. The van der Waals surface area contributed by atoms with E-state index in [1.54, 1.807) is 6.92 Å². The quantitative estimate of drug-likeness (QED) is 0.303. The molecule has 0 spiro atoms. The second-order valence-electron chi connectivity index (χ2n) is 3.67. The highest BCUT2D eigenvalue weighted by Crippen LogP contribution is 2.20. The number of rotatable bonds is 8. The molecule has 0 aliphatic carbocycles. The highest BCUT2D eigenvalue weighted by atomic mass is 32.2. The van der Waals surface area contributed by atoms with Gasteiger partial charge in [0.1, 0.15) is 12.4 Å². The van der Waals surface area contributed by atoms with Crippen LogP contribution in [0.2, 0.25) is 0 Å². The van der Waals surface area contributed by atoms with Crippen LogP contribution in [0.25, 0.3) is 0 Å². The van der Waals surface area contributed by atoms with Crippen LogP contribution in [-0.4, -0.2) is 44.1 Å². The van der Waals surface area contributed by atoms with Crippen LogP contribution in [0.3, 0.4) is 0 Å². The summed E-state index contributed by atoms with van der Waals surface area (Å²) in [5.41, 5.74) is 0.584. The maximum absolute atomic E-state index is 12.7. The van der Waals surface area contributed by atoms with Crippen molar-refractivity contribution in [2.24, 2.45) is 0 Å². The number of allylic oxidation sites excluding steroid dienone is 1. The van der Waals surface area contributed by atoms with Gasteiger partial charge >= 0.3 is 21.5 Å². The van der Waals surface area contributed by atoms with Gasteiger partial charge in [-0.05, 0) is 12.5 Å². The molecule has 0 bridgehead atoms. The van der Waals surface area contributed by atoms with Crippen molar-refractivity contribution in [2.45, 2.75) is 12.2 Å². The molecule has 0 radical (unpaired) electrons. The third-order valence-electron chi connectivity index (χ3n) is 1.87. The average Bonchev–Trinajstić information content (AvgIpc) is 2.30. The van der Waals surface area contributed by atoms with Gasteiger partial charge in [0, 0.05) is 0 Å². The Labute approximate surface area is 115 Å². The number of ether oxygens (including phenoxy) is 2. The van der Waals surface area contributed by atoms with E-state index in [2.05, 4.69) is 17.9 Å². The minimum absolute atomic E-state index is 0.00448. The van der Waals surface area contributed by atoms with Gasteiger partial charge in [0.25, 0.3) is 0 Å². The average molecular weight is 315 g/mol. The number of hydrogen-bond donors (Lipinski definition) is 2. The Morgan fingerprint density at radius 1 is 1.35 bits per heavy atom. The topological polar surface area (TPSA) is 102 Å². The number of alkyl halides is 2.